The van der Waals surface area contributed by atoms with Crippen molar-refractivity contribution in [1.82, 2.24) is 5.32 Å². The van der Waals surface area contributed by atoms with Gasteiger partial charge in [0, 0.05) is 23.6 Å². The van der Waals surface area contributed by atoms with Crippen LogP contribution in [0, 0.1) is 11.7 Å². The molecule has 0 aliphatic heterocycles. The first kappa shape index (κ1) is 16.2. The summed E-state index contributed by atoms with van der Waals surface area (Å²) in [7, 11) is 0. The fourth-order valence-corrected chi connectivity index (χ4v) is 3.12. The average molecular weight is 314 g/mol. The number of hydrogen-bond acceptors (Lipinski definition) is 2. The van der Waals surface area contributed by atoms with Crippen LogP contribution in [0.4, 0.5) is 4.39 Å². The van der Waals surface area contributed by atoms with Gasteiger partial charge in [0.2, 0.25) is 5.91 Å². The maximum Gasteiger partial charge on any atom is 0.224 e. The van der Waals surface area contributed by atoms with E-state index in [9.17, 15) is 14.3 Å². The lowest BCUT2D eigenvalue weighted by Crippen LogP contribution is -2.41. The second kappa shape index (κ2) is 7.76. The zero-order valence-electron chi connectivity index (χ0n) is 11.9. The second-order valence-corrected chi connectivity index (χ2v) is 6.07. The summed E-state index contributed by atoms with van der Waals surface area (Å²) in [4.78, 5) is 12.1. The topological polar surface area (TPSA) is 49.3 Å². The molecule has 21 heavy (non-hydrogen) atoms. The fraction of sp³-hybridized carbons (Fsp3) is 0.562. The third-order valence-corrected chi connectivity index (χ3v) is 4.46. The number of nitrogens with one attached hydrogen (secondary N) is 1. The second-order valence-electron chi connectivity index (χ2n) is 5.67. The maximum atomic E-state index is 13.0. The number of amides is 1. The summed E-state index contributed by atoms with van der Waals surface area (Å²) in [6.07, 6.45) is 5.29. The van der Waals surface area contributed by atoms with Crippen molar-refractivity contribution in [3.63, 3.8) is 0 Å². The van der Waals surface area contributed by atoms with Crippen LogP contribution in [0.3, 0.4) is 0 Å². The smallest absolute Gasteiger partial charge is 0.224 e. The third kappa shape index (κ3) is 4.68. The van der Waals surface area contributed by atoms with Crippen molar-refractivity contribution >= 4 is 17.5 Å². The van der Waals surface area contributed by atoms with E-state index in [2.05, 4.69) is 5.32 Å². The van der Waals surface area contributed by atoms with Gasteiger partial charge in [0.25, 0.3) is 0 Å². The summed E-state index contributed by atoms with van der Waals surface area (Å²) in [5, 5.41) is 12.7. The van der Waals surface area contributed by atoms with E-state index in [1.165, 1.54) is 18.2 Å². The number of aliphatic hydroxyl groups is 1. The standard InChI is InChI=1S/C16H21ClFNO2/c17-14-9-13(18)7-6-11(14)8-16(21)19-15-5-3-1-2-4-12(15)10-20/h6-7,9,12,15,20H,1-5,8,10H2,(H,19,21). The molecule has 116 valence electrons. The van der Waals surface area contributed by atoms with E-state index in [-0.39, 0.29) is 35.9 Å². The minimum Gasteiger partial charge on any atom is -0.396 e. The molecule has 1 aromatic rings. The van der Waals surface area contributed by atoms with Crippen molar-refractivity contribution in [2.75, 3.05) is 6.61 Å². The number of hydrogen-bond donors (Lipinski definition) is 2. The zero-order chi connectivity index (χ0) is 15.2. The summed E-state index contributed by atoms with van der Waals surface area (Å²) < 4.78 is 13.0. The van der Waals surface area contributed by atoms with E-state index in [0.29, 0.717) is 5.56 Å². The van der Waals surface area contributed by atoms with E-state index in [1.54, 1.807) is 0 Å². The highest BCUT2D eigenvalue weighted by Gasteiger charge is 2.24. The normalized spacial score (nSPS) is 22.6. The molecule has 2 unspecified atom stereocenters. The van der Waals surface area contributed by atoms with Gasteiger partial charge < -0.3 is 10.4 Å². The molecule has 0 aromatic heterocycles. The van der Waals surface area contributed by atoms with Crippen LogP contribution in [0.5, 0.6) is 0 Å². The highest BCUT2D eigenvalue weighted by atomic mass is 35.5. The van der Waals surface area contributed by atoms with Crippen molar-refractivity contribution in [1.29, 1.82) is 0 Å². The van der Waals surface area contributed by atoms with Gasteiger partial charge in [0.15, 0.2) is 0 Å². The Kier molecular flexibility index (Phi) is 6.00. The molecule has 1 fully saturated rings. The van der Waals surface area contributed by atoms with Crippen LogP contribution in [-0.4, -0.2) is 23.7 Å². The van der Waals surface area contributed by atoms with Gasteiger partial charge in [-0.2, -0.15) is 0 Å². The Hall–Kier alpha value is -1.13. The lowest BCUT2D eigenvalue weighted by molar-refractivity contribution is -0.121. The van der Waals surface area contributed by atoms with Crippen LogP contribution in [0.15, 0.2) is 18.2 Å². The fourth-order valence-electron chi connectivity index (χ4n) is 2.89. The van der Waals surface area contributed by atoms with Crippen molar-refractivity contribution in [3.8, 4) is 0 Å². The molecule has 0 bridgehead atoms. The summed E-state index contributed by atoms with van der Waals surface area (Å²) in [5.74, 6) is -0.415. The van der Waals surface area contributed by atoms with E-state index in [0.717, 1.165) is 32.1 Å². The number of benzene rings is 1. The minimum atomic E-state index is -0.409. The van der Waals surface area contributed by atoms with Crippen LogP contribution < -0.4 is 5.32 Å². The summed E-state index contributed by atoms with van der Waals surface area (Å²) >= 11 is 5.94. The number of halogens is 2. The predicted octanol–water partition coefficient (Wildman–Crippen LogP) is 3.08. The van der Waals surface area contributed by atoms with Gasteiger partial charge in [-0.15, -0.1) is 0 Å². The highest BCUT2D eigenvalue weighted by Crippen LogP contribution is 2.23. The monoisotopic (exact) mass is 313 g/mol. The summed E-state index contributed by atoms with van der Waals surface area (Å²) in [6.45, 7) is 0.0995. The molecule has 1 saturated carbocycles. The molecular weight excluding hydrogens is 293 g/mol. The summed E-state index contributed by atoms with van der Waals surface area (Å²) in [6, 6.07) is 4.07. The van der Waals surface area contributed by atoms with E-state index < -0.39 is 5.82 Å². The van der Waals surface area contributed by atoms with Crippen LogP contribution in [0.1, 0.15) is 37.7 Å². The van der Waals surface area contributed by atoms with Crippen molar-refractivity contribution < 1.29 is 14.3 Å². The molecule has 1 aliphatic rings. The van der Waals surface area contributed by atoms with Crippen molar-refractivity contribution in [3.05, 3.63) is 34.6 Å². The third-order valence-electron chi connectivity index (χ3n) is 4.11. The lowest BCUT2D eigenvalue weighted by atomic mass is 9.95. The molecule has 1 amide bonds. The largest absolute Gasteiger partial charge is 0.396 e. The number of rotatable bonds is 4. The maximum absolute atomic E-state index is 13.0. The molecule has 3 nitrogen and oxygen atoms in total. The first-order valence-corrected chi connectivity index (χ1v) is 7.82. The average Bonchev–Trinajstić information content (AvgIpc) is 2.67. The first-order valence-electron chi connectivity index (χ1n) is 7.44. The van der Waals surface area contributed by atoms with Gasteiger partial charge >= 0.3 is 0 Å². The molecule has 1 aromatic carbocycles. The van der Waals surface area contributed by atoms with E-state index in [4.69, 9.17) is 11.6 Å². The van der Waals surface area contributed by atoms with Crippen LogP contribution in [0.25, 0.3) is 0 Å². The van der Waals surface area contributed by atoms with Gasteiger partial charge in [-0.3, -0.25) is 4.79 Å². The van der Waals surface area contributed by atoms with Crippen molar-refractivity contribution in [2.24, 2.45) is 5.92 Å². The number of aliphatic hydroxyl groups excluding tert-OH is 1. The van der Waals surface area contributed by atoms with Gasteiger partial charge in [-0.1, -0.05) is 36.9 Å². The molecule has 5 heteroatoms. The van der Waals surface area contributed by atoms with Crippen molar-refractivity contribution in [2.45, 2.75) is 44.6 Å². The Balaban J connectivity index is 1.96. The summed E-state index contributed by atoms with van der Waals surface area (Å²) in [5.41, 5.74) is 0.615. The molecule has 2 rings (SSSR count). The highest BCUT2D eigenvalue weighted by molar-refractivity contribution is 6.31. The van der Waals surface area contributed by atoms with Gasteiger partial charge in [0.1, 0.15) is 5.82 Å². The van der Waals surface area contributed by atoms with Crippen LogP contribution >= 0.6 is 11.6 Å². The van der Waals surface area contributed by atoms with Crippen LogP contribution in [0.2, 0.25) is 5.02 Å². The molecular formula is C16H21ClFNO2. The zero-order valence-corrected chi connectivity index (χ0v) is 12.7. The molecule has 2 atom stereocenters. The quantitative estimate of drug-likeness (QED) is 0.839. The molecule has 0 saturated heterocycles. The first-order chi connectivity index (χ1) is 10.1. The Morgan fingerprint density at radius 2 is 2.10 bits per heavy atom. The SMILES string of the molecule is O=C(Cc1ccc(F)cc1Cl)NC1CCCCCC1CO. The van der Waals surface area contributed by atoms with Gasteiger partial charge in [-0.05, 0) is 30.5 Å². The number of carbonyl (C=O) groups is 1. The van der Waals surface area contributed by atoms with E-state index in [1.807, 2.05) is 0 Å². The molecule has 0 heterocycles. The Bertz CT molecular complexity index is 495. The molecule has 1 aliphatic carbocycles. The van der Waals surface area contributed by atoms with E-state index >= 15 is 0 Å². The Labute approximate surface area is 129 Å². The predicted molar refractivity (Wildman–Crippen MR) is 80.7 cm³/mol. The molecule has 0 spiro atoms. The lowest BCUT2D eigenvalue weighted by Gasteiger charge is -2.24. The van der Waals surface area contributed by atoms with Gasteiger partial charge in [0.05, 0.1) is 6.42 Å². The van der Waals surface area contributed by atoms with Gasteiger partial charge in [-0.25, -0.2) is 4.39 Å². The number of carbonyl (C=O) groups excluding carboxylic acids is 1. The Morgan fingerprint density at radius 1 is 1.33 bits per heavy atom. The molecule has 0 radical (unpaired) electrons. The Morgan fingerprint density at radius 3 is 2.81 bits per heavy atom. The molecule has 2 N–H and O–H groups in total. The minimum absolute atomic E-state index is 0.0178. The van der Waals surface area contributed by atoms with Crippen LogP contribution in [-0.2, 0) is 11.2 Å².